The van der Waals surface area contributed by atoms with Crippen molar-refractivity contribution in [2.24, 2.45) is 5.73 Å². The lowest BCUT2D eigenvalue weighted by Gasteiger charge is -2.12. The fraction of sp³-hybridized carbons (Fsp3) is 0.238. The lowest BCUT2D eigenvalue weighted by molar-refractivity contribution is 0.102. The molecule has 3 aromatic rings. The van der Waals surface area contributed by atoms with Crippen LogP contribution in [0.25, 0.3) is 11.0 Å². The molecule has 0 saturated carbocycles. The van der Waals surface area contributed by atoms with Gasteiger partial charge in [-0.15, -0.1) is 0 Å². The monoisotopic (exact) mass is 382 g/mol. The molecule has 0 unspecified atom stereocenters. The minimum absolute atomic E-state index is 0.101. The average molecular weight is 382 g/mol. The number of amides is 1. The van der Waals surface area contributed by atoms with Gasteiger partial charge in [-0.05, 0) is 49.7 Å². The first-order valence-electron chi connectivity index (χ1n) is 8.89. The van der Waals surface area contributed by atoms with Crippen molar-refractivity contribution >= 4 is 22.6 Å². The summed E-state index contributed by atoms with van der Waals surface area (Å²) in [5.41, 5.74) is 6.70. The second-order valence-electron chi connectivity index (χ2n) is 6.26. The lowest BCUT2D eigenvalue weighted by atomic mass is 10.1. The second kappa shape index (κ2) is 8.14. The minimum Gasteiger partial charge on any atom is -0.493 e. The van der Waals surface area contributed by atoms with Gasteiger partial charge in [-0.2, -0.15) is 0 Å². The molecule has 1 heterocycles. The summed E-state index contributed by atoms with van der Waals surface area (Å²) >= 11 is 0. The molecular formula is C21H22N2O5. The summed E-state index contributed by atoms with van der Waals surface area (Å²) in [6.45, 7) is 4.06. The normalized spacial score (nSPS) is 11.9. The minimum atomic E-state index is -0.758. The predicted molar refractivity (Wildman–Crippen MR) is 107 cm³/mol. The van der Waals surface area contributed by atoms with E-state index in [1.165, 1.54) is 13.2 Å². The van der Waals surface area contributed by atoms with Crippen LogP contribution in [0.2, 0.25) is 0 Å². The molecule has 2 aromatic carbocycles. The number of nitrogens with two attached hydrogens (primary N) is 1. The van der Waals surface area contributed by atoms with E-state index in [1.807, 2.05) is 26.0 Å². The van der Waals surface area contributed by atoms with Crippen molar-refractivity contribution in [2.45, 2.75) is 19.9 Å². The first-order chi connectivity index (χ1) is 13.4. The number of carbonyl (C=O) groups is 1. The molecule has 0 aliphatic heterocycles. The molecule has 1 atom stereocenters. The van der Waals surface area contributed by atoms with Crippen LogP contribution < -0.4 is 26.1 Å². The molecule has 0 aliphatic rings. The molecule has 0 aliphatic carbocycles. The maximum Gasteiger partial charge on any atom is 0.349 e. The molecule has 146 valence electrons. The summed E-state index contributed by atoms with van der Waals surface area (Å²) in [4.78, 5) is 25.0. The molecule has 7 heteroatoms. The molecule has 28 heavy (non-hydrogen) atoms. The highest BCUT2D eigenvalue weighted by atomic mass is 16.5. The molecule has 1 aromatic heterocycles. The molecular weight excluding hydrogens is 360 g/mol. The van der Waals surface area contributed by atoms with Crippen molar-refractivity contribution in [3.05, 3.63) is 64.0 Å². The average Bonchev–Trinajstić information content (AvgIpc) is 2.68. The van der Waals surface area contributed by atoms with Gasteiger partial charge in [-0.3, -0.25) is 4.79 Å². The summed E-state index contributed by atoms with van der Waals surface area (Å²) in [7, 11) is 1.50. The summed E-state index contributed by atoms with van der Waals surface area (Å²) in [5.74, 6) is 0.222. The van der Waals surface area contributed by atoms with E-state index in [0.717, 1.165) is 5.56 Å². The molecule has 0 bridgehead atoms. The van der Waals surface area contributed by atoms with Gasteiger partial charge in [0.2, 0.25) is 5.75 Å². The SMILES string of the molecule is CCOc1c(OC)ccc2cc(C(=O)Nc3ccc([C@H](C)N)cc3)c(=O)oc12. The number of nitrogens with one attached hydrogen (secondary N) is 1. The zero-order valence-electron chi connectivity index (χ0n) is 15.9. The highest BCUT2D eigenvalue weighted by molar-refractivity contribution is 6.05. The highest BCUT2D eigenvalue weighted by Gasteiger charge is 2.18. The van der Waals surface area contributed by atoms with E-state index < -0.39 is 11.5 Å². The van der Waals surface area contributed by atoms with Crippen LogP contribution in [0.5, 0.6) is 11.5 Å². The molecule has 0 fully saturated rings. The number of hydrogen-bond donors (Lipinski definition) is 2. The van der Waals surface area contributed by atoms with Crippen molar-refractivity contribution < 1.29 is 18.7 Å². The molecule has 3 rings (SSSR count). The van der Waals surface area contributed by atoms with Crippen LogP contribution in [0.15, 0.2) is 51.7 Å². The van der Waals surface area contributed by atoms with Crippen LogP contribution in [0.1, 0.15) is 35.8 Å². The van der Waals surface area contributed by atoms with Gasteiger partial charge in [0.15, 0.2) is 11.3 Å². The van der Waals surface area contributed by atoms with E-state index in [4.69, 9.17) is 19.6 Å². The Morgan fingerprint density at radius 3 is 2.54 bits per heavy atom. The number of fused-ring (bicyclic) bond motifs is 1. The van der Waals surface area contributed by atoms with E-state index in [9.17, 15) is 9.59 Å². The van der Waals surface area contributed by atoms with E-state index in [2.05, 4.69) is 5.32 Å². The third kappa shape index (κ3) is 3.84. The van der Waals surface area contributed by atoms with Crippen LogP contribution in [0.4, 0.5) is 5.69 Å². The molecule has 0 radical (unpaired) electrons. The van der Waals surface area contributed by atoms with E-state index >= 15 is 0 Å². The summed E-state index contributed by atoms with van der Waals surface area (Å²) in [6, 6.07) is 11.9. The number of anilines is 1. The zero-order chi connectivity index (χ0) is 20.3. The van der Waals surface area contributed by atoms with E-state index in [0.29, 0.717) is 29.2 Å². The molecule has 0 saturated heterocycles. The smallest absolute Gasteiger partial charge is 0.349 e. The van der Waals surface area contributed by atoms with Gasteiger partial charge in [0, 0.05) is 17.1 Å². The van der Waals surface area contributed by atoms with Crippen LogP contribution in [0, 0.1) is 0 Å². The van der Waals surface area contributed by atoms with E-state index in [1.54, 1.807) is 24.3 Å². The first kappa shape index (κ1) is 19.4. The van der Waals surface area contributed by atoms with Crippen LogP contribution in [-0.4, -0.2) is 19.6 Å². The molecule has 7 nitrogen and oxygen atoms in total. The Labute approximate surface area is 162 Å². The van der Waals surface area contributed by atoms with Gasteiger partial charge < -0.3 is 24.9 Å². The topological polar surface area (TPSA) is 104 Å². The molecule has 0 spiro atoms. The number of rotatable bonds is 6. The zero-order valence-corrected chi connectivity index (χ0v) is 15.9. The Kier molecular flexibility index (Phi) is 5.65. The Morgan fingerprint density at radius 1 is 1.21 bits per heavy atom. The number of hydrogen-bond acceptors (Lipinski definition) is 6. The van der Waals surface area contributed by atoms with Crippen molar-refractivity contribution in [2.75, 3.05) is 19.0 Å². The van der Waals surface area contributed by atoms with Gasteiger partial charge in [-0.1, -0.05) is 12.1 Å². The number of methoxy groups -OCH3 is 1. The van der Waals surface area contributed by atoms with Crippen molar-refractivity contribution in [3.63, 3.8) is 0 Å². The van der Waals surface area contributed by atoms with E-state index in [-0.39, 0.29) is 17.2 Å². The Bertz CT molecular complexity index is 1050. The number of ether oxygens (including phenoxy) is 2. The van der Waals surface area contributed by atoms with Gasteiger partial charge in [0.05, 0.1) is 13.7 Å². The van der Waals surface area contributed by atoms with Crippen LogP contribution in [0.3, 0.4) is 0 Å². The lowest BCUT2D eigenvalue weighted by Crippen LogP contribution is -2.20. The van der Waals surface area contributed by atoms with Crippen molar-refractivity contribution in [1.82, 2.24) is 0 Å². The first-order valence-corrected chi connectivity index (χ1v) is 8.89. The van der Waals surface area contributed by atoms with Gasteiger partial charge in [-0.25, -0.2) is 4.79 Å². The Balaban J connectivity index is 1.95. The quantitative estimate of drug-likeness (QED) is 0.633. The second-order valence-corrected chi connectivity index (χ2v) is 6.26. The van der Waals surface area contributed by atoms with Crippen molar-refractivity contribution in [1.29, 1.82) is 0 Å². The number of benzene rings is 2. The fourth-order valence-electron chi connectivity index (χ4n) is 2.81. The summed E-state index contributed by atoms with van der Waals surface area (Å²) < 4.78 is 16.2. The predicted octanol–water partition coefficient (Wildman–Crippen LogP) is 3.47. The summed E-state index contributed by atoms with van der Waals surface area (Å²) in [6.07, 6.45) is 0. The Hall–Kier alpha value is -3.32. The third-order valence-electron chi connectivity index (χ3n) is 4.27. The largest absolute Gasteiger partial charge is 0.493 e. The van der Waals surface area contributed by atoms with Gasteiger partial charge >= 0.3 is 5.63 Å². The maximum atomic E-state index is 12.6. The Morgan fingerprint density at radius 2 is 1.93 bits per heavy atom. The molecule has 1 amide bonds. The summed E-state index contributed by atoms with van der Waals surface area (Å²) in [5, 5.41) is 3.25. The van der Waals surface area contributed by atoms with Crippen molar-refractivity contribution in [3.8, 4) is 11.5 Å². The highest BCUT2D eigenvalue weighted by Crippen LogP contribution is 2.35. The maximum absolute atomic E-state index is 12.6. The standard InChI is InChI=1S/C21H22N2O5/c1-4-27-19-17(26-3)10-7-14-11-16(21(25)28-18(14)19)20(24)23-15-8-5-13(6-9-15)12(2)22/h5-12H,4,22H2,1-3H3,(H,23,24)/t12-/m0/s1. The molecule has 3 N–H and O–H groups in total. The number of carbonyl (C=O) groups excluding carboxylic acids is 1. The van der Waals surface area contributed by atoms with Crippen LogP contribution in [-0.2, 0) is 0 Å². The van der Waals surface area contributed by atoms with Crippen LogP contribution >= 0.6 is 0 Å². The van der Waals surface area contributed by atoms with Gasteiger partial charge in [0.1, 0.15) is 5.56 Å². The fourth-order valence-corrected chi connectivity index (χ4v) is 2.81. The third-order valence-corrected chi connectivity index (χ3v) is 4.27. The van der Waals surface area contributed by atoms with Gasteiger partial charge in [0.25, 0.3) is 5.91 Å².